The number of likely N-dealkylation sites (tertiary alicyclic amines) is 1. The summed E-state index contributed by atoms with van der Waals surface area (Å²) in [6.07, 6.45) is 2.66. The van der Waals surface area contributed by atoms with E-state index in [1.807, 2.05) is 51.1 Å². The van der Waals surface area contributed by atoms with E-state index < -0.39 is 35.6 Å². The van der Waals surface area contributed by atoms with Crippen LogP contribution in [0, 0.1) is 11.8 Å². The van der Waals surface area contributed by atoms with Crippen LogP contribution in [-0.2, 0) is 19.2 Å². The van der Waals surface area contributed by atoms with Gasteiger partial charge in [-0.3, -0.25) is 24.0 Å². The Morgan fingerprint density at radius 2 is 1.56 bits per heavy atom. The molecule has 0 bridgehead atoms. The Kier molecular flexibility index (Phi) is 10.4. The molecule has 3 amide bonds. The normalized spacial score (nSPS) is 16.8. The highest BCUT2D eigenvalue weighted by Gasteiger charge is 2.40. The summed E-state index contributed by atoms with van der Waals surface area (Å²) >= 11 is 0. The Morgan fingerprint density at radius 3 is 2.21 bits per heavy atom. The van der Waals surface area contributed by atoms with Gasteiger partial charge in [-0.25, -0.2) is 0 Å². The number of carbonyl (C=O) groups excluding carboxylic acids is 5. The molecule has 1 heterocycles. The van der Waals surface area contributed by atoms with E-state index in [2.05, 4.69) is 10.6 Å². The van der Waals surface area contributed by atoms with Crippen molar-refractivity contribution in [2.45, 2.75) is 84.8 Å². The van der Waals surface area contributed by atoms with Crippen LogP contribution < -0.4 is 10.6 Å². The van der Waals surface area contributed by atoms with Crippen LogP contribution in [0.25, 0.3) is 10.8 Å². The maximum Gasteiger partial charge on any atom is 0.251 e. The van der Waals surface area contributed by atoms with Gasteiger partial charge in [0.2, 0.25) is 23.4 Å². The third kappa shape index (κ3) is 7.31. The van der Waals surface area contributed by atoms with Crippen LogP contribution in [-0.4, -0.2) is 58.9 Å². The minimum Gasteiger partial charge on any atom is -0.344 e. The molecule has 3 rings (SSSR count). The fourth-order valence-electron chi connectivity index (χ4n) is 4.97. The van der Waals surface area contributed by atoms with Gasteiger partial charge < -0.3 is 15.5 Å². The lowest BCUT2D eigenvalue weighted by Gasteiger charge is -2.31. The molecule has 1 saturated heterocycles. The summed E-state index contributed by atoms with van der Waals surface area (Å²) in [5.74, 6) is -2.70. The lowest BCUT2D eigenvalue weighted by atomic mass is 9.94. The van der Waals surface area contributed by atoms with Gasteiger partial charge in [-0.05, 0) is 54.0 Å². The molecular formula is C31H41N3O5. The van der Waals surface area contributed by atoms with E-state index in [-0.39, 0.29) is 30.1 Å². The number of ketones is 2. The minimum absolute atomic E-state index is 0.162. The Morgan fingerprint density at radius 1 is 0.897 bits per heavy atom. The first-order valence-corrected chi connectivity index (χ1v) is 14.0. The first-order valence-electron chi connectivity index (χ1n) is 14.0. The lowest BCUT2D eigenvalue weighted by molar-refractivity contribution is -0.143. The number of Topliss-reactive ketones (excluding diaryl/α,β-unsaturated/α-hetero) is 2. The van der Waals surface area contributed by atoms with E-state index >= 15 is 0 Å². The molecule has 39 heavy (non-hydrogen) atoms. The van der Waals surface area contributed by atoms with Crippen molar-refractivity contribution < 1.29 is 24.0 Å². The minimum atomic E-state index is -0.937. The van der Waals surface area contributed by atoms with Crippen molar-refractivity contribution in [2.24, 2.45) is 11.8 Å². The van der Waals surface area contributed by atoms with Gasteiger partial charge in [0.15, 0.2) is 0 Å². The molecule has 2 aromatic rings. The first-order chi connectivity index (χ1) is 18.5. The Bertz CT molecular complexity index is 1220. The van der Waals surface area contributed by atoms with Crippen LogP contribution in [0.2, 0.25) is 0 Å². The number of rotatable bonds is 12. The van der Waals surface area contributed by atoms with Gasteiger partial charge in [0.1, 0.15) is 12.1 Å². The highest BCUT2D eigenvalue weighted by molar-refractivity contribution is 6.39. The Labute approximate surface area is 230 Å². The highest BCUT2D eigenvalue weighted by Crippen LogP contribution is 2.22. The van der Waals surface area contributed by atoms with Crippen LogP contribution >= 0.6 is 0 Å². The summed E-state index contributed by atoms with van der Waals surface area (Å²) in [5.41, 5.74) is 0.453. The number of unbranched alkanes of at least 4 members (excludes halogenated alkanes) is 1. The summed E-state index contributed by atoms with van der Waals surface area (Å²) in [4.78, 5) is 66.8. The molecule has 0 spiro atoms. The second-order valence-electron chi connectivity index (χ2n) is 11.1. The Hall–Kier alpha value is -3.55. The first kappa shape index (κ1) is 30.0. The van der Waals surface area contributed by atoms with Crippen molar-refractivity contribution in [1.82, 2.24) is 15.5 Å². The van der Waals surface area contributed by atoms with Crippen molar-refractivity contribution in [3.8, 4) is 0 Å². The summed E-state index contributed by atoms with van der Waals surface area (Å²) in [6, 6.07) is 10.6. The van der Waals surface area contributed by atoms with Gasteiger partial charge in [0.25, 0.3) is 5.91 Å². The number of nitrogens with one attached hydrogen (secondary N) is 2. The van der Waals surface area contributed by atoms with E-state index in [0.717, 1.165) is 17.2 Å². The summed E-state index contributed by atoms with van der Waals surface area (Å²) in [5, 5.41) is 7.59. The highest BCUT2D eigenvalue weighted by atomic mass is 16.2. The fourth-order valence-corrected chi connectivity index (χ4v) is 4.97. The molecule has 8 heteroatoms. The van der Waals surface area contributed by atoms with Crippen LogP contribution in [0.4, 0.5) is 0 Å². The molecule has 2 aromatic carbocycles. The average Bonchev–Trinajstić information content (AvgIpc) is 3.42. The lowest BCUT2D eigenvalue weighted by Crippen LogP contribution is -2.57. The smallest absolute Gasteiger partial charge is 0.251 e. The van der Waals surface area contributed by atoms with Crippen molar-refractivity contribution in [3.63, 3.8) is 0 Å². The molecule has 0 saturated carbocycles. The zero-order chi connectivity index (χ0) is 28.7. The van der Waals surface area contributed by atoms with Crippen LogP contribution in [0.15, 0.2) is 42.5 Å². The maximum absolute atomic E-state index is 13.7. The largest absolute Gasteiger partial charge is 0.344 e. The van der Waals surface area contributed by atoms with Gasteiger partial charge in [-0.1, -0.05) is 71.4 Å². The number of nitrogens with zero attached hydrogens (tertiary/aromatic N) is 1. The molecule has 8 nitrogen and oxygen atoms in total. The third-order valence-corrected chi connectivity index (χ3v) is 7.35. The molecule has 1 fully saturated rings. The second-order valence-corrected chi connectivity index (χ2v) is 11.1. The van der Waals surface area contributed by atoms with Gasteiger partial charge in [-0.15, -0.1) is 0 Å². The average molecular weight is 536 g/mol. The van der Waals surface area contributed by atoms with Crippen LogP contribution in [0.3, 0.4) is 0 Å². The predicted molar refractivity (Wildman–Crippen MR) is 151 cm³/mol. The summed E-state index contributed by atoms with van der Waals surface area (Å²) in [7, 11) is 0. The molecule has 1 aliphatic heterocycles. The fraction of sp³-hybridized carbons (Fsp3) is 0.516. The molecule has 2 N–H and O–H groups in total. The van der Waals surface area contributed by atoms with Gasteiger partial charge in [0, 0.05) is 18.5 Å². The molecule has 3 unspecified atom stereocenters. The third-order valence-electron chi connectivity index (χ3n) is 7.35. The van der Waals surface area contributed by atoms with Crippen molar-refractivity contribution in [1.29, 1.82) is 0 Å². The van der Waals surface area contributed by atoms with E-state index in [1.165, 1.54) is 4.90 Å². The molecule has 210 valence electrons. The van der Waals surface area contributed by atoms with Crippen molar-refractivity contribution >= 4 is 40.1 Å². The maximum atomic E-state index is 13.7. The Balaban J connectivity index is 1.73. The zero-order valence-corrected chi connectivity index (χ0v) is 23.7. The molecule has 0 radical (unpaired) electrons. The summed E-state index contributed by atoms with van der Waals surface area (Å²) < 4.78 is 0. The summed E-state index contributed by atoms with van der Waals surface area (Å²) in [6.45, 7) is 9.59. The van der Waals surface area contributed by atoms with E-state index in [1.54, 1.807) is 26.0 Å². The van der Waals surface area contributed by atoms with Gasteiger partial charge in [-0.2, -0.15) is 0 Å². The second kappa shape index (κ2) is 13.5. The molecule has 3 atom stereocenters. The number of carbonyl (C=O) groups is 5. The SMILES string of the molecule is CCCCC(=O)C(=O)C(NC(=O)C1CCCN1C(=O)C(NC(=O)c1ccc2ccccc2c1)C(C)C)C(C)C. The van der Waals surface area contributed by atoms with Gasteiger partial charge >= 0.3 is 0 Å². The standard InChI is InChI=1S/C31H41N3O5/c1-6-7-14-25(35)28(36)26(19(2)3)32-30(38)24-13-10-17-34(24)31(39)27(20(4)5)33-29(37)23-16-15-21-11-8-9-12-22(21)18-23/h8-9,11-12,15-16,18-20,24,26-27H,6-7,10,13-14,17H2,1-5H3,(H,32,38)(H,33,37). The molecule has 0 aliphatic carbocycles. The number of amides is 3. The van der Waals surface area contributed by atoms with Gasteiger partial charge in [0.05, 0.1) is 6.04 Å². The van der Waals surface area contributed by atoms with E-state index in [0.29, 0.717) is 31.4 Å². The van der Waals surface area contributed by atoms with Crippen molar-refractivity contribution in [2.75, 3.05) is 6.54 Å². The molecular weight excluding hydrogens is 494 g/mol. The number of benzene rings is 2. The van der Waals surface area contributed by atoms with Crippen LogP contribution in [0.1, 0.15) is 77.1 Å². The van der Waals surface area contributed by atoms with E-state index in [4.69, 9.17) is 0 Å². The number of hydrogen-bond donors (Lipinski definition) is 2. The van der Waals surface area contributed by atoms with E-state index in [9.17, 15) is 24.0 Å². The monoisotopic (exact) mass is 535 g/mol. The molecule has 0 aromatic heterocycles. The van der Waals surface area contributed by atoms with Crippen LogP contribution in [0.5, 0.6) is 0 Å². The topological polar surface area (TPSA) is 113 Å². The zero-order valence-electron chi connectivity index (χ0n) is 23.7. The quantitative estimate of drug-likeness (QED) is 0.398. The number of fused-ring (bicyclic) bond motifs is 1. The van der Waals surface area contributed by atoms with Crippen molar-refractivity contribution in [3.05, 3.63) is 48.0 Å². The number of hydrogen-bond acceptors (Lipinski definition) is 5. The molecule has 1 aliphatic rings. The predicted octanol–water partition coefficient (Wildman–Crippen LogP) is 4.05.